The van der Waals surface area contributed by atoms with Crippen molar-refractivity contribution >= 4 is 0 Å². The Balaban J connectivity index is 2.23. The molecule has 0 aromatic carbocycles. The van der Waals surface area contributed by atoms with Crippen molar-refractivity contribution in [1.29, 1.82) is 0 Å². The van der Waals surface area contributed by atoms with Crippen molar-refractivity contribution in [2.75, 3.05) is 0 Å². The number of rotatable bonds is 6. The van der Waals surface area contributed by atoms with E-state index in [-0.39, 0.29) is 0 Å². The van der Waals surface area contributed by atoms with Gasteiger partial charge in [0.2, 0.25) is 0 Å². The SMILES string of the molecule is CCCCC(CC)CC1=CC=CC1. The highest BCUT2D eigenvalue weighted by Gasteiger charge is 2.09. The Morgan fingerprint density at radius 3 is 2.77 bits per heavy atom. The van der Waals surface area contributed by atoms with Gasteiger partial charge in [-0.2, -0.15) is 0 Å². The third kappa shape index (κ3) is 3.80. The highest BCUT2D eigenvalue weighted by atomic mass is 14.1. The van der Waals surface area contributed by atoms with E-state index in [1.54, 1.807) is 5.57 Å². The molecule has 0 aromatic heterocycles. The van der Waals surface area contributed by atoms with Crippen LogP contribution in [0.25, 0.3) is 0 Å². The summed E-state index contributed by atoms with van der Waals surface area (Å²) in [4.78, 5) is 0. The van der Waals surface area contributed by atoms with E-state index in [4.69, 9.17) is 0 Å². The van der Waals surface area contributed by atoms with Crippen LogP contribution in [-0.4, -0.2) is 0 Å². The molecule has 0 spiro atoms. The summed E-state index contributed by atoms with van der Waals surface area (Å²) in [7, 11) is 0. The topological polar surface area (TPSA) is 0 Å². The maximum Gasteiger partial charge on any atom is -0.0132 e. The zero-order chi connectivity index (χ0) is 9.52. The molecule has 0 saturated carbocycles. The molecule has 1 aliphatic rings. The van der Waals surface area contributed by atoms with E-state index >= 15 is 0 Å². The van der Waals surface area contributed by atoms with Crippen LogP contribution in [0.3, 0.4) is 0 Å². The fourth-order valence-electron chi connectivity index (χ4n) is 1.96. The molecule has 0 N–H and O–H groups in total. The van der Waals surface area contributed by atoms with Crippen LogP contribution >= 0.6 is 0 Å². The molecule has 0 bridgehead atoms. The van der Waals surface area contributed by atoms with Gasteiger partial charge in [0.05, 0.1) is 0 Å². The quantitative estimate of drug-likeness (QED) is 0.562. The molecule has 0 amide bonds. The second-order valence-corrected chi connectivity index (χ2v) is 4.08. The van der Waals surface area contributed by atoms with E-state index in [2.05, 4.69) is 32.1 Å². The molecule has 1 atom stereocenters. The number of hydrogen-bond acceptors (Lipinski definition) is 0. The molecule has 0 aromatic rings. The molecule has 0 heterocycles. The van der Waals surface area contributed by atoms with Crippen molar-refractivity contribution in [3.63, 3.8) is 0 Å². The van der Waals surface area contributed by atoms with Gasteiger partial charge < -0.3 is 0 Å². The molecule has 0 saturated heterocycles. The minimum absolute atomic E-state index is 0.936. The molecule has 0 aliphatic heterocycles. The van der Waals surface area contributed by atoms with Crippen LogP contribution in [0.1, 0.15) is 52.4 Å². The molecule has 1 rings (SSSR count). The summed E-state index contributed by atoms with van der Waals surface area (Å²) >= 11 is 0. The predicted molar refractivity (Wildman–Crippen MR) is 59.8 cm³/mol. The van der Waals surface area contributed by atoms with Crippen LogP contribution in [0.15, 0.2) is 23.8 Å². The lowest BCUT2D eigenvalue weighted by Gasteiger charge is -2.14. The van der Waals surface area contributed by atoms with E-state index in [0.717, 1.165) is 5.92 Å². The Morgan fingerprint density at radius 1 is 1.38 bits per heavy atom. The monoisotopic (exact) mass is 178 g/mol. The molecule has 1 aliphatic carbocycles. The first-order valence-corrected chi connectivity index (χ1v) is 5.71. The maximum absolute atomic E-state index is 2.32. The van der Waals surface area contributed by atoms with Crippen molar-refractivity contribution in [3.8, 4) is 0 Å². The second-order valence-electron chi connectivity index (χ2n) is 4.08. The van der Waals surface area contributed by atoms with Gasteiger partial charge >= 0.3 is 0 Å². The van der Waals surface area contributed by atoms with E-state index in [1.807, 2.05) is 0 Å². The van der Waals surface area contributed by atoms with Crippen molar-refractivity contribution < 1.29 is 0 Å². The molecule has 13 heavy (non-hydrogen) atoms. The maximum atomic E-state index is 2.32. The van der Waals surface area contributed by atoms with Crippen molar-refractivity contribution in [2.45, 2.75) is 52.4 Å². The van der Waals surface area contributed by atoms with Crippen LogP contribution in [0.5, 0.6) is 0 Å². The van der Waals surface area contributed by atoms with Crippen LogP contribution < -0.4 is 0 Å². The molecule has 1 unspecified atom stereocenters. The third-order valence-corrected chi connectivity index (χ3v) is 2.94. The molecular weight excluding hydrogens is 156 g/mol. The van der Waals surface area contributed by atoms with Crippen LogP contribution in [-0.2, 0) is 0 Å². The van der Waals surface area contributed by atoms with Crippen LogP contribution in [0.4, 0.5) is 0 Å². The summed E-state index contributed by atoms with van der Waals surface area (Å²) in [5.74, 6) is 0.936. The molecule has 0 radical (unpaired) electrons. The molecule has 0 fully saturated rings. The summed E-state index contributed by atoms with van der Waals surface area (Å²) in [5.41, 5.74) is 1.64. The highest BCUT2D eigenvalue weighted by Crippen LogP contribution is 2.25. The van der Waals surface area contributed by atoms with Gasteiger partial charge in [-0.15, -0.1) is 0 Å². The largest absolute Gasteiger partial charge is 0.0805 e. The summed E-state index contributed by atoms with van der Waals surface area (Å²) in [6.45, 7) is 4.60. The van der Waals surface area contributed by atoms with E-state index in [0.29, 0.717) is 0 Å². The molecule has 0 nitrogen and oxygen atoms in total. The first-order chi connectivity index (χ1) is 6.36. The summed E-state index contributed by atoms with van der Waals surface area (Å²) in [6, 6.07) is 0. The van der Waals surface area contributed by atoms with Gasteiger partial charge in [-0.3, -0.25) is 0 Å². The molecule has 0 heteroatoms. The number of allylic oxidation sites excluding steroid dienone is 4. The first kappa shape index (κ1) is 10.6. The zero-order valence-electron chi connectivity index (χ0n) is 9.05. The van der Waals surface area contributed by atoms with Gasteiger partial charge in [0, 0.05) is 0 Å². The Morgan fingerprint density at radius 2 is 2.23 bits per heavy atom. The zero-order valence-corrected chi connectivity index (χ0v) is 9.05. The smallest absolute Gasteiger partial charge is 0.0132 e. The van der Waals surface area contributed by atoms with Gasteiger partial charge in [0.15, 0.2) is 0 Å². The van der Waals surface area contributed by atoms with Gasteiger partial charge in [-0.05, 0) is 18.8 Å². The summed E-state index contributed by atoms with van der Waals surface area (Å²) in [6.07, 6.45) is 14.8. The average molecular weight is 178 g/mol. The van der Waals surface area contributed by atoms with Crippen molar-refractivity contribution in [1.82, 2.24) is 0 Å². The van der Waals surface area contributed by atoms with Crippen molar-refractivity contribution in [3.05, 3.63) is 23.8 Å². The number of unbranched alkanes of at least 4 members (excludes halogenated alkanes) is 1. The normalized spacial score (nSPS) is 17.5. The van der Waals surface area contributed by atoms with Crippen molar-refractivity contribution in [2.24, 2.45) is 5.92 Å². The van der Waals surface area contributed by atoms with Crippen LogP contribution in [0.2, 0.25) is 0 Å². The Kier molecular flexibility index (Phi) is 4.88. The fourth-order valence-corrected chi connectivity index (χ4v) is 1.96. The van der Waals surface area contributed by atoms with Gasteiger partial charge in [-0.25, -0.2) is 0 Å². The molecule has 74 valence electrons. The summed E-state index contributed by atoms with van der Waals surface area (Å²) in [5, 5.41) is 0. The Labute approximate surface area is 82.7 Å². The Hall–Kier alpha value is -0.520. The lowest BCUT2D eigenvalue weighted by atomic mass is 9.91. The van der Waals surface area contributed by atoms with Crippen LogP contribution in [0, 0.1) is 5.92 Å². The summed E-state index contributed by atoms with van der Waals surface area (Å²) < 4.78 is 0. The second kappa shape index (κ2) is 6.01. The van der Waals surface area contributed by atoms with Gasteiger partial charge in [0.1, 0.15) is 0 Å². The first-order valence-electron chi connectivity index (χ1n) is 5.71. The minimum Gasteiger partial charge on any atom is -0.0805 e. The van der Waals surface area contributed by atoms with E-state index in [1.165, 1.54) is 38.5 Å². The van der Waals surface area contributed by atoms with Gasteiger partial charge in [0.25, 0.3) is 0 Å². The third-order valence-electron chi connectivity index (χ3n) is 2.94. The average Bonchev–Trinajstić information content (AvgIpc) is 2.64. The standard InChI is InChI=1S/C13H22/c1-3-5-8-12(4-2)11-13-9-6-7-10-13/h6-7,9,12H,3-5,8,10-11H2,1-2H3. The molecular formula is C13H22. The lowest BCUT2D eigenvalue weighted by Crippen LogP contribution is -1.99. The van der Waals surface area contributed by atoms with E-state index in [9.17, 15) is 0 Å². The lowest BCUT2D eigenvalue weighted by molar-refractivity contribution is 0.446. The van der Waals surface area contributed by atoms with Gasteiger partial charge in [-0.1, -0.05) is 63.3 Å². The highest BCUT2D eigenvalue weighted by molar-refractivity contribution is 5.23. The number of hydrogen-bond donors (Lipinski definition) is 0. The van der Waals surface area contributed by atoms with E-state index < -0.39 is 0 Å². The Bertz CT molecular complexity index is 186. The predicted octanol–water partition coefficient (Wildman–Crippen LogP) is 4.48. The minimum atomic E-state index is 0.936. The fraction of sp³-hybridized carbons (Fsp3) is 0.692.